The van der Waals surface area contributed by atoms with Crippen molar-refractivity contribution in [3.05, 3.63) is 26.6 Å². The van der Waals surface area contributed by atoms with Gasteiger partial charge in [0.1, 0.15) is 5.75 Å². The number of hydrogen-bond donors (Lipinski definition) is 1. The maximum absolute atomic E-state index is 5.99. The quantitative estimate of drug-likeness (QED) is 0.800. The van der Waals surface area contributed by atoms with Crippen LogP contribution in [0.25, 0.3) is 0 Å². The highest BCUT2D eigenvalue weighted by atomic mass is 79.9. The van der Waals surface area contributed by atoms with Gasteiger partial charge in [0.15, 0.2) is 0 Å². The van der Waals surface area contributed by atoms with Crippen molar-refractivity contribution in [2.75, 3.05) is 6.61 Å². The Bertz CT molecular complexity index is 341. The molecule has 13 heavy (non-hydrogen) atoms. The normalized spacial score (nSPS) is 20.7. The van der Waals surface area contributed by atoms with Gasteiger partial charge in [0.2, 0.25) is 0 Å². The summed E-state index contributed by atoms with van der Waals surface area (Å²) in [5.41, 5.74) is 7.06. The van der Waals surface area contributed by atoms with Gasteiger partial charge in [-0.15, -0.1) is 0 Å². The third-order valence-electron chi connectivity index (χ3n) is 2.14. The maximum atomic E-state index is 5.99. The minimum absolute atomic E-state index is 0.0793. The van der Waals surface area contributed by atoms with Gasteiger partial charge in [-0.05, 0) is 28.1 Å². The van der Waals surface area contributed by atoms with Crippen LogP contribution in [0.2, 0.25) is 0 Å². The summed E-state index contributed by atoms with van der Waals surface area (Å²) in [4.78, 5) is 0. The maximum Gasteiger partial charge on any atom is 0.139 e. The van der Waals surface area contributed by atoms with Crippen LogP contribution in [-0.4, -0.2) is 6.61 Å². The van der Waals surface area contributed by atoms with Crippen LogP contribution in [0.4, 0.5) is 0 Å². The SMILES string of the molecule is N[C@@H]1CCOc2c(Br)ccc(Br)c21. The summed E-state index contributed by atoms with van der Waals surface area (Å²) in [6.07, 6.45) is 0.877. The van der Waals surface area contributed by atoms with Crippen LogP contribution in [0.3, 0.4) is 0 Å². The van der Waals surface area contributed by atoms with Gasteiger partial charge in [-0.2, -0.15) is 0 Å². The Morgan fingerprint density at radius 2 is 2.00 bits per heavy atom. The predicted molar refractivity (Wildman–Crippen MR) is 58.9 cm³/mol. The minimum atomic E-state index is 0.0793. The molecule has 1 heterocycles. The van der Waals surface area contributed by atoms with Crippen molar-refractivity contribution >= 4 is 31.9 Å². The van der Waals surface area contributed by atoms with Gasteiger partial charge in [0.05, 0.1) is 11.1 Å². The van der Waals surface area contributed by atoms with E-state index in [-0.39, 0.29) is 6.04 Å². The number of rotatable bonds is 0. The third-order valence-corrected chi connectivity index (χ3v) is 3.46. The van der Waals surface area contributed by atoms with E-state index in [1.165, 1.54) is 0 Å². The number of hydrogen-bond acceptors (Lipinski definition) is 2. The molecule has 0 amide bonds. The largest absolute Gasteiger partial charge is 0.492 e. The summed E-state index contributed by atoms with van der Waals surface area (Å²) < 4.78 is 7.55. The van der Waals surface area contributed by atoms with Gasteiger partial charge in [0.25, 0.3) is 0 Å². The fourth-order valence-corrected chi connectivity index (χ4v) is 2.54. The Morgan fingerprint density at radius 3 is 2.69 bits per heavy atom. The van der Waals surface area contributed by atoms with Gasteiger partial charge < -0.3 is 10.5 Å². The van der Waals surface area contributed by atoms with E-state index in [0.29, 0.717) is 6.61 Å². The topological polar surface area (TPSA) is 35.2 Å². The summed E-state index contributed by atoms with van der Waals surface area (Å²) in [5.74, 6) is 0.883. The Balaban J connectivity index is 2.60. The Kier molecular flexibility index (Phi) is 2.62. The first-order valence-corrected chi connectivity index (χ1v) is 5.65. The molecule has 4 heteroatoms. The Hall–Kier alpha value is -0.0600. The highest BCUT2D eigenvalue weighted by Gasteiger charge is 2.22. The average molecular weight is 307 g/mol. The second-order valence-electron chi connectivity index (χ2n) is 3.02. The van der Waals surface area contributed by atoms with Crippen molar-refractivity contribution in [3.8, 4) is 5.75 Å². The number of halogens is 2. The molecule has 0 unspecified atom stereocenters. The smallest absolute Gasteiger partial charge is 0.139 e. The molecule has 0 aliphatic carbocycles. The van der Waals surface area contributed by atoms with E-state index in [2.05, 4.69) is 31.9 Å². The number of fused-ring (bicyclic) bond motifs is 1. The highest BCUT2D eigenvalue weighted by molar-refractivity contribution is 9.11. The fourth-order valence-electron chi connectivity index (χ4n) is 1.47. The number of ether oxygens (including phenoxy) is 1. The van der Waals surface area contributed by atoms with Crippen molar-refractivity contribution in [1.82, 2.24) is 0 Å². The molecule has 0 radical (unpaired) electrons. The summed E-state index contributed by atoms with van der Waals surface area (Å²) in [6.45, 7) is 0.698. The first kappa shape index (κ1) is 9.49. The van der Waals surface area contributed by atoms with Crippen LogP contribution in [0.1, 0.15) is 18.0 Å². The molecule has 0 fully saturated rings. The van der Waals surface area contributed by atoms with Gasteiger partial charge in [-0.3, -0.25) is 0 Å². The van der Waals surface area contributed by atoms with Gasteiger partial charge in [-0.1, -0.05) is 15.9 Å². The Labute approximate surface area is 93.7 Å². The standard InChI is InChI=1S/C9H9Br2NO/c10-5-1-2-6(11)9-8(5)7(12)3-4-13-9/h1-2,7H,3-4,12H2/t7-/m1/s1. The Morgan fingerprint density at radius 1 is 1.31 bits per heavy atom. The van der Waals surface area contributed by atoms with Gasteiger partial charge >= 0.3 is 0 Å². The second kappa shape index (κ2) is 3.59. The third kappa shape index (κ3) is 1.63. The van der Waals surface area contributed by atoms with Gasteiger partial charge in [-0.25, -0.2) is 0 Å². The molecule has 1 atom stereocenters. The lowest BCUT2D eigenvalue weighted by Gasteiger charge is -2.24. The lowest BCUT2D eigenvalue weighted by molar-refractivity contribution is 0.266. The molecule has 0 saturated carbocycles. The second-order valence-corrected chi connectivity index (χ2v) is 4.72. The van der Waals surface area contributed by atoms with E-state index < -0.39 is 0 Å². The average Bonchev–Trinajstić information content (AvgIpc) is 2.12. The highest BCUT2D eigenvalue weighted by Crippen LogP contribution is 2.41. The molecular weight excluding hydrogens is 298 g/mol. The van der Waals surface area contributed by atoms with Crippen LogP contribution in [0, 0.1) is 0 Å². The van der Waals surface area contributed by atoms with E-state index >= 15 is 0 Å². The summed E-state index contributed by atoms with van der Waals surface area (Å²) in [5, 5.41) is 0. The molecule has 0 aromatic heterocycles. The molecule has 1 aliphatic rings. The zero-order valence-corrected chi connectivity index (χ0v) is 10.1. The predicted octanol–water partition coefficient (Wildman–Crippen LogP) is 2.99. The molecule has 1 aliphatic heterocycles. The summed E-state index contributed by atoms with van der Waals surface area (Å²) >= 11 is 6.92. The molecular formula is C9H9Br2NO. The monoisotopic (exact) mass is 305 g/mol. The zero-order chi connectivity index (χ0) is 9.42. The molecule has 70 valence electrons. The van der Waals surface area contributed by atoms with Crippen LogP contribution in [0.5, 0.6) is 5.75 Å². The molecule has 2 N–H and O–H groups in total. The van der Waals surface area contributed by atoms with E-state index in [0.717, 1.165) is 26.7 Å². The molecule has 1 aromatic carbocycles. The number of benzene rings is 1. The van der Waals surface area contributed by atoms with E-state index in [1.807, 2.05) is 12.1 Å². The van der Waals surface area contributed by atoms with Crippen molar-refractivity contribution in [2.24, 2.45) is 5.73 Å². The van der Waals surface area contributed by atoms with Crippen molar-refractivity contribution in [3.63, 3.8) is 0 Å². The lowest BCUT2D eigenvalue weighted by atomic mass is 10.0. The lowest BCUT2D eigenvalue weighted by Crippen LogP contribution is -2.21. The molecule has 1 aromatic rings. The first-order valence-electron chi connectivity index (χ1n) is 4.06. The summed E-state index contributed by atoms with van der Waals surface area (Å²) in [7, 11) is 0. The van der Waals surface area contributed by atoms with Gasteiger partial charge in [0, 0.05) is 22.5 Å². The molecule has 0 spiro atoms. The van der Waals surface area contributed by atoms with Crippen molar-refractivity contribution < 1.29 is 4.74 Å². The first-order chi connectivity index (χ1) is 6.20. The van der Waals surface area contributed by atoms with E-state index in [4.69, 9.17) is 10.5 Å². The van der Waals surface area contributed by atoms with Crippen LogP contribution >= 0.6 is 31.9 Å². The molecule has 0 bridgehead atoms. The van der Waals surface area contributed by atoms with Crippen molar-refractivity contribution in [1.29, 1.82) is 0 Å². The number of nitrogens with two attached hydrogens (primary N) is 1. The van der Waals surface area contributed by atoms with Crippen LogP contribution < -0.4 is 10.5 Å². The van der Waals surface area contributed by atoms with Crippen LogP contribution in [0.15, 0.2) is 21.1 Å². The van der Waals surface area contributed by atoms with E-state index in [1.54, 1.807) is 0 Å². The minimum Gasteiger partial charge on any atom is -0.492 e. The molecule has 2 rings (SSSR count). The summed E-state index contributed by atoms with van der Waals surface area (Å²) in [6, 6.07) is 4.02. The van der Waals surface area contributed by atoms with E-state index in [9.17, 15) is 0 Å². The van der Waals surface area contributed by atoms with Crippen LogP contribution in [-0.2, 0) is 0 Å². The zero-order valence-electron chi connectivity index (χ0n) is 6.89. The fraction of sp³-hybridized carbons (Fsp3) is 0.333. The molecule has 0 saturated heterocycles. The van der Waals surface area contributed by atoms with Crippen molar-refractivity contribution in [2.45, 2.75) is 12.5 Å². The molecule has 2 nitrogen and oxygen atoms in total.